The van der Waals surface area contributed by atoms with Crippen molar-refractivity contribution >= 4 is 6.03 Å². The van der Waals surface area contributed by atoms with Crippen LogP contribution < -0.4 is 5.32 Å². The molecule has 2 amide bonds. The third-order valence-corrected chi connectivity index (χ3v) is 5.49. The lowest BCUT2D eigenvalue weighted by atomic mass is 9.98. The molecule has 1 saturated heterocycles. The van der Waals surface area contributed by atoms with E-state index in [0.717, 1.165) is 49.6 Å². The second-order valence-electron chi connectivity index (χ2n) is 7.41. The fourth-order valence-electron chi connectivity index (χ4n) is 4.06. The van der Waals surface area contributed by atoms with E-state index < -0.39 is 0 Å². The van der Waals surface area contributed by atoms with E-state index in [1.807, 2.05) is 11.8 Å². The molecule has 2 aromatic rings. The maximum absolute atomic E-state index is 12.6. The molecule has 2 aliphatic rings. The number of hydrogen-bond acceptors (Lipinski definition) is 4. The molecule has 1 aliphatic heterocycles. The van der Waals surface area contributed by atoms with E-state index in [1.54, 1.807) is 0 Å². The second-order valence-corrected chi connectivity index (χ2v) is 7.41. The van der Waals surface area contributed by atoms with Crippen molar-refractivity contribution < 1.29 is 4.79 Å². The summed E-state index contributed by atoms with van der Waals surface area (Å²) >= 11 is 0. The minimum Gasteiger partial charge on any atom is -0.332 e. The fourth-order valence-corrected chi connectivity index (χ4v) is 4.06. The van der Waals surface area contributed by atoms with Gasteiger partial charge in [0.2, 0.25) is 0 Å². The number of hydrogen-bond donors (Lipinski definition) is 3. The number of fused-ring (bicyclic) bond motifs is 1. The summed E-state index contributed by atoms with van der Waals surface area (Å²) in [5, 5.41) is 17.8. The van der Waals surface area contributed by atoms with Gasteiger partial charge in [0.05, 0.1) is 12.2 Å². The third kappa shape index (κ3) is 3.59. The van der Waals surface area contributed by atoms with E-state index >= 15 is 0 Å². The van der Waals surface area contributed by atoms with Crippen LogP contribution in [0.4, 0.5) is 4.79 Å². The lowest BCUT2D eigenvalue weighted by Crippen LogP contribution is -2.45. The van der Waals surface area contributed by atoms with Crippen LogP contribution in [0.5, 0.6) is 0 Å². The van der Waals surface area contributed by atoms with Crippen molar-refractivity contribution in [3.8, 4) is 0 Å². The molecular formula is C18H27N7O. The van der Waals surface area contributed by atoms with Crippen LogP contribution in [0.25, 0.3) is 0 Å². The number of aromatic amines is 2. The Morgan fingerprint density at radius 1 is 1.19 bits per heavy atom. The highest BCUT2D eigenvalue weighted by atomic mass is 16.2. The summed E-state index contributed by atoms with van der Waals surface area (Å²) in [5.41, 5.74) is 3.56. The summed E-state index contributed by atoms with van der Waals surface area (Å²) < 4.78 is 0. The molecule has 140 valence electrons. The van der Waals surface area contributed by atoms with Crippen LogP contribution in [-0.4, -0.2) is 49.4 Å². The largest absolute Gasteiger partial charge is 0.332 e. The Morgan fingerprint density at radius 3 is 2.92 bits per heavy atom. The number of carbonyl (C=O) groups excluding carboxylic acids is 1. The number of nitrogens with zero attached hydrogens (tertiary/aromatic N) is 4. The number of urea groups is 1. The van der Waals surface area contributed by atoms with Crippen molar-refractivity contribution in [3.63, 3.8) is 0 Å². The van der Waals surface area contributed by atoms with Gasteiger partial charge >= 0.3 is 6.03 Å². The first-order chi connectivity index (χ1) is 12.7. The number of nitrogens with one attached hydrogen (secondary N) is 3. The molecule has 4 rings (SSSR count). The molecular weight excluding hydrogens is 330 g/mol. The summed E-state index contributed by atoms with van der Waals surface area (Å²) in [5.74, 6) is 1.85. The number of rotatable bonds is 3. The van der Waals surface area contributed by atoms with Gasteiger partial charge in [-0.25, -0.2) is 9.78 Å². The Morgan fingerprint density at radius 2 is 2.08 bits per heavy atom. The lowest BCUT2D eigenvalue weighted by molar-refractivity contribution is 0.178. The van der Waals surface area contributed by atoms with Crippen LogP contribution in [0.15, 0.2) is 0 Å². The number of aryl methyl sites for hydroxylation is 2. The Balaban J connectivity index is 1.35. The summed E-state index contributed by atoms with van der Waals surface area (Å²) in [6, 6.07) is -0.0210. The average Bonchev–Trinajstić information content (AvgIpc) is 3.19. The third-order valence-electron chi connectivity index (χ3n) is 5.49. The van der Waals surface area contributed by atoms with Crippen LogP contribution in [0.2, 0.25) is 0 Å². The van der Waals surface area contributed by atoms with Gasteiger partial charge in [0, 0.05) is 24.7 Å². The quantitative estimate of drug-likeness (QED) is 0.733. The van der Waals surface area contributed by atoms with Gasteiger partial charge in [-0.1, -0.05) is 6.42 Å². The molecule has 8 heteroatoms. The fraction of sp³-hybridized carbons (Fsp3) is 0.667. The van der Waals surface area contributed by atoms with E-state index in [9.17, 15) is 4.79 Å². The number of carbonyl (C=O) groups is 1. The predicted octanol–water partition coefficient (Wildman–Crippen LogP) is 2.19. The minimum absolute atomic E-state index is 0.0210. The van der Waals surface area contributed by atoms with Crippen molar-refractivity contribution in [2.75, 3.05) is 13.1 Å². The van der Waals surface area contributed by atoms with Crippen molar-refractivity contribution in [1.82, 2.24) is 35.6 Å². The molecule has 0 spiro atoms. The number of aromatic nitrogens is 5. The average molecular weight is 357 g/mol. The van der Waals surface area contributed by atoms with E-state index in [4.69, 9.17) is 0 Å². The molecule has 0 unspecified atom stereocenters. The summed E-state index contributed by atoms with van der Waals surface area (Å²) in [6.45, 7) is 3.84. The van der Waals surface area contributed by atoms with Crippen molar-refractivity contribution in [2.24, 2.45) is 0 Å². The molecule has 1 fully saturated rings. The topological polar surface area (TPSA) is 103 Å². The number of amides is 2. The van der Waals surface area contributed by atoms with Gasteiger partial charge in [-0.3, -0.25) is 10.2 Å². The molecule has 8 nitrogen and oxygen atoms in total. The maximum atomic E-state index is 12.6. The van der Waals surface area contributed by atoms with Gasteiger partial charge in [-0.15, -0.1) is 0 Å². The highest BCUT2D eigenvalue weighted by Crippen LogP contribution is 2.25. The Bertz CT molecular complexity index is 765. The summed E-state index contributed by atoms with van der Waals surface area (Å²) in [4.78, 5) is 19.0. The van der Waals surface area contributed by atoms with Gasteiger partial charge in [0.15, 0.2) is 5.82 Å². The first-order valence-corrected chi connectivity index (χ1v) is 9.67. The zero-order chi connectivity index (χ0) is 17.9. The maximum Gasteiger partial charge on any atom is 0.317 e. The van der Waals surface area contributed by atoms with Crippen LogP contribution >= 0.6 is 0 Å². The first-order valence-electron chi connectivity index (χ1n) is 9.67. The minimum atomic E-state index is -0.0210. The van der Waals surface area contributed by atoms with Crippen molar-refractivity contribution in [3.05, 3.63) is 28.6 Å². The Labute approximate surface area is 153 Å². The molecule has 0 bridgehead atoms. The van der Waals surface area contributed by atoms with Crippen molar-refractivity contribution in [2.45, 2.75) is 64.3 Å². The second kappa shape index (κ2) is 7.47. The predicted molar refractivity (Wildman–Crippen MR) is 96.8 cm³/mol. The molecule has 3 N–H and O–H groups in total. The summed E-state index contributed by atoms with van der Waals surface area (Å²) in [6.07, 6.45) is 7.82. The highest BCUT2D eigenvalue weighted by molar-refractivity contribution is 5.74. The zero-order valence-corrected chi connectivity index (χ0v) is 15.3. The van der Waals surface area contributed by atoms with E-state index in [0.29, 0.717) is 13.1 Å². The van der Waals surface area contributed by atoms with E-state index in [2.05, 4.69) is 30.7 Å². The molecule has 1 aliphatic carbocycles. The van der Waals surface area contributed by atoms with E-state index in [-0.39, 0.29) is 11.9 Å². The van der Waals surface area contributed by atoms with Gasteiger partial charge in [-0.05, 0) is 51.0 Å². The van der Waals surface area contributed by atoms with Crippen molar-refractivity contribution in [1.29, 1.82) is 0 Å². The van der Waals surface area contributed by atoms with Gasteiger partial charge < -0.3 is 10.2 Å². The lowest BCUT2D eigenvalue weighted by Gasteiger charge is -2.31. The molecule has 1 atom stereocenters. The Kier molecular flexibility index (Phi) is 4.90. The first kappa shape index (κ1) is 17.1. The molecule has 26 heavy (non-hydrogen) atoms. The smallest absolute Gasteiger partial charge is 0.317 e. The highest BCUT2D eigenvalue weighted by Gasteiger charge is 2.27. The SMILES string of the molecule is Cc1nc([C@H]2CCCN(C(=O)NCc3n[nH]c4c3CCCCC4)C2)n[nH]1. The van der Waals surface area contributed by atoms with Crippen LogP contribution in [0, 0.1) is 6.92 Å². The van der Waals surface area contributed by atoms with Crippen LogP contribution in [-0.2, 0) is 19.4 Å². The van der Waals surface area contributed by atoms with Gasteiger partial charge in [-0.2, -0.15) is 10.2 Å². The number of likely N-dealkylation sites (tertiary alicyclic amines) is 1. The molecule has 2 aromatic heterocycles. The standard InChI is InChI=1S/C18H27N7O/c1-12-20-17(24-21-12)13-6-5-9-25(11-13)18(26)19-10-16-14-7-3-2-4-8-15(14)22-23-16/h13H,2-11H2,1H3,(H,19,26)(H,22,23)(H,20,21,24)/t13-/m0/s1. The monoisotopic (exact) mass is 357 g/mol. The Hall–Kier alpha value is -2.38. The van der Waals surface area contributed by atoms with Gasteiger partial charge in [0.25, 0.3) is 0 Å². The number of H-pyrrole nitrogens is 2. The molecule has 3 heterocycles. The van der Waals surface area contributed by atoms with Gasteiger partial charge in [0.1, 0.15) is 5.82 Å². The summed E-state index contributed by atoms with van der Waals surface area (Å²) in [7, 11) is 0. The molecule has 0 aromatic carbocycles. The molecule has 0 radical (unpaired) electrons. The number of piperidine rings is 1. The van der Waals surface area contributed by atoms with E-state index in [1.165, 1.54) is 30.5 Å². The van der Waals surface area contributed by atoms with Crippen LogP contribution in [0.1, 0.15) is 66.6 Å². The van der Waals surface area contributed by atoms with Crippen LogP contribution in [0.3, 0.4) is 0 Å². The molecule has 0 saturated carbocycles. The zero-order valence-electron chi connectivity index (χ0n) is 15.3. The normalized spacial score (nSPS) is 20.5.